The number of aliphatic imine (C=N–C) groups is 1. The van der Waals surface area contributed by atoms with E-state index in [2.05, 4.69) is 119 Å². The quantitative estimate of drug-likeness (QED) is 0.0337. The summed E-state index contributed by atoms with van der Waals surface area (Å²) in [4.78, 5) is 39.3. The van der Waals surface area contributed by atoms with Crippen molar-refractivity contribution in [1.82, 2.24) is 64.5 Å². The summed E-state index contributed by atoms with van der Waals surface area (Å²) in [6.45, 7) is 7.46. The van der Waals surface area contributed by atoms with Crippen LogP contribution in [0, 0.1) is 0 Å². The van der Waals surface area contributed by atoms with E-state index in [1.54, 1.807) is 0 Å². The molecule has 0 atom stereocenters. The second-order valence-electron chi connectivity index (χ2n) is 23.2. The summed E-state index contributed by atoms with van der Waals surface area (Å²) in [6, 6.07) is 36.3. The Balaban J connectivity index is 0.788. The van der Waals surface area contributed by atoms with Crippen molar-refractivity contribution in [1.29, 1.82) is 0 Å². The van der Waals surface area contributed by atoms with Gasteiger partial charge < -0.3 is 63.0 Å². The lowest BCUT2D eigenvalue weighted by Gasteiger charge is -2.13. The van der Waals surface area contributed by atoms with Crippen LogP contribution < -0.4 is 28.4 Å². The van der Waals surface area contributed by atoms with Gasteiger partial charge in [0, 0.05) is 80.1 Å². The SMILES string of the molecule is CN(C)CCCOc1ccc2c(c1)CC(c1ccc(-c3nc4ccc(OCCCN(C)C)cc4[nH]3)cc1OCCn1cc(CCOc3cc(-c4nc5ccc(OCCCN(C)C)cc5[nH]4)ccc3-c3nc4ccc(OCCCN(C)C)cc4[nH]3)nn1)=N2. The first-order valence-corrected chi connectivity index (χ1v) is 30.1. The van der Waals surface area contributed by atoms with Gasteiger partial charge in [0.05, 0.1) is 95.3 Å². The first kappa shape index (κ1) is 59.9. The van der Waals surface area contributed by atoms with Crippen LogP contribution in [0.3, 0.4) is 0 Å². The first-order valence-electron chi connectivity index (χ1n) is 30.1. The second kappa shape index (κ2) is 28.1. The molecule has 1 aliphatic rings. The van der Waals surface area contributed by atoms with Crippen molar-refractivity contribution in [2.24, 2.45) is 4.99 Å². The van der Waals surface area contributed by atoms with Crippen molar-refractivity contribution >= 4 is 44.5 Å². The molecule has 11 rings (SSSR count). The number of nitrogens with zero attached hydrogens (tertiary/aromatic N) is 11. The fourth-order valence-electron chi connectivity index (χ4n) is 10.4. The third kappa shape index (κ3) is 15.8. The first-order chi connectivity index (χ1) is 42.3. The summed E-state index contributed by atoms with van der Waals surface area (Å²) in [7, 11) is 16.6. The summed E-state index contributed by atoms with van der Waals surface area (Å²) in [6.07, 6.45) is 6.83. The minimum Gasteiger partial charge on any atom is -0.494 e. The molecule has 0 radical (unpaired) electrons. The Bertz CT molecular complexity index is 3950. The lowest BCUT2D eigenvalue weighted by Crippen LogP contribution is -2.15. The van der Waals surface area contributed by atoms with Crippen LogP contribution in [-0.2, 0) is 19.4 Å². The highest BCUT2D eigenvalue weighted by Crippen LogP contribution is 2.38. The number of H-pyrrole nitrogens is 3. The van der Waals surface area contributed by atoms with Crippen molar-refractivity contribution in [2.45, 2.75) is 45.1 Å². The van der Waals surface area contributed by atoms with E-state index < -0.39 is 0 Å². The van der Waals surface area contributed by atoms with E-state index >= 15 is 0 Å². The Morgan fingerprint density at radius 1 is 0.448 bits per heavy atom. The molecule has 0 saturated heterocycles. The highest BCUT2D eigenvalue weighted by atomic mass is 16.5. The maximum atomic E-state index is 6.73. The zero-order chi connectivity index (χ0) is 60.2. The van der Waals surface area contributed by atoms with E-state index in [0.717, 1.165) is 159 Å². The van der Waals surface area contributed by atoms with Gasteiger partial charge in [0.1, 0.15) is 58.6 Å². The van der Waals surface area contributed by atoms with Gasteiger partial charge in [0.25, 0.3) is 0 Å². The molecule has 0 aliphatic carbocycles. The molecule has 3 N–H and O–H groups in total. The molecule has 0 unspecified atom stereocenters. The van der Waals surface area contributed by atoms with Crippen LogP contribution in [0.15, 0.2) is 120 Å². The third-order valence-corrected chi connectivity index (χ3v) is 15.0. The summed E-state index contributed by atoms with van der Waals surface area (Å²) >= 11 is 0. The van der Waals surface area contributed by atoms with Gasteiger partial charge in [-0.05, 0) is 166 Å². The summed E-state index contributed by atoms with van der Waals surface area (Å²) in [5.74, 6) is 6.69. The molecule has 0 spiro atoms. The number of aromatic nitrogens is 9. The van der Waals surface area contributed by atoms with Crippen LogP contribution in [0.4, 0.5) is 5.69 Å². The molecule has 6 aromatic carbocycles. The Hall–Kier alpha value is -8.82. The minimum absolute atomic E-state index is 0.320. The van der Waals surface area contributed by atoms with Gasteiger partial charge in [-0.2, -0.15) is 0 Å². The number of rotatable bonds is 32. The molecule has 4 aromatic heterocycles. The lowest BCUT2D eigenvalue weighted by atomic mass is 10.0. The number of hydrogen-bond acceptors (Lipinski definition) is 16. The Kier molecular flexibility index (Phi) is 19.4. The van der Waals surface area contributed by atoms with Crippen LogP contribution in [0.1, 0.15) is 42.5 Å². The predicted molar refractivity (Wildman–Crippen MR) is 344 cm³/mol. The fraction of sp³-hybridized carbons (Fsp3) is 0.373. The largest absolute Gasteiger partial charge is 0.494 e. The molecule has 87 heavy (non-hydrogen) atoms. The number of ether oxygens (including phenoxy) is 6. The van der Waals surface area contributed by atoms with Crippen LogP contribution in [-0.4, -0.2) is 192 Å². The van der Waals surface area contributed by atoms with Gasteiger partial charge in [-0.25, -0.2) is 19.6 Å². The van der Waals surface area contributed by atoms with Gasteiger partial charge in [0.15, 0.2) is 0 Å². The number of nitrogens with one attached hydrogen (secondary N) is 3. The number of benzene rings is 6. The zero-order valence-corrected chi connectivity index (χ0v) is 51.4. The van der Waals surface area contributed by atoms with Gasteiger partial charge in [-0.15, -0.1) is 5.10 Å². The molecular formula is C67H80N14O6. The topological polar surface area (TPSA) is 197 Å². The van der Waals surface area contributed by atoms with E-state index in [4.69, 9.17) is 48.4 Å². The minimum atomic E-state index is 0.320. The lowest BCUT2D eigenvalue weighted by molar-refractivity contribution is 0.281. The molecule has 20 heteroatoms. The van der Waals surface area contributed by atoms with Gasteiger partial charge in [-0.1, -0.05) is 17.3 Å². The van der Waals surface area contributed by atoms with E-state index in [1.165, 1.54) is 0 Å². The molecule has 0 amide bonds. The molecule has 454 valence electrons. The molecule has 0 fully saturated rings. The van der Waals surface area contributed by atoms with Crippen LogP contribution in [0.5, 0.6) is 34.5 Å². The predicted octanol–water partition coefficient (Wildman–Crippen LogP) is 10.6. The maximum Gasteiger partial charge on any atom is 0.142 e. The van der Waals surface area contributed by atoms with Crippen molar-refractivity contribution in [3.8, 4) is 68.7 Å². The Labute approximate surface area is 508 Å². The average Bonchev–Trinajstić information content (AvgIpc) is 3.68. The maximum absolute atomic E-state index is 6.73. The highest BCUT2D eigenvalue weighted by molar-refractivity contribution is 6.08. The van der Waals surface area contributed by atoms with Gasteiger partial charge >= 0.3 is 0 Å². The van der Waals surface area contributed by atoms with E-state index in [9.17, 15) is 0 Å². The number of fused-ring (bicyclic) bond motifs is 4. The van der Waals surface area contributed by atoms with Crippen LogP contribution in [0.2, 0.25) is 0 Å². The van der Waals surface area contributed by atoms with Crippen LogP contribution >= 0.6 is 0 Å². The van der Waals surface area contributed by atoms with E-state index in [0.29, 0.717) is 82.2 Å². The number of imidazole rings is 3. The van der Waals surface area contributed by atoms with Gasteiger partial charge in [0.2, 0.25) is 0 Å². The molecular weight excluding hydrogens is 1100 g/mol. The third-order valence-electron chi connectivity index (χ3n) is 15.0. The normalized spacial score (nSPS) is 12.4. The Morgan fingerprint density at radius 2 is 0.897 bits per heavy atom. The summed E-state index contributed by atoms with van der Waals surface area (Å²) in [5.41, 5.74) is 12.4. The number of aromatic amines is 3. The molecule has 1 aliphatic heterocycles. The molecule has 5 heterocycles. The molecule has 0 saturated carbocycles. The monoisotopic (exact) mass is 1180 g/mol. The standard InChI is InChI=1S/C67H80N14O6/c1-77(2)26-9-31-82-49-15-21-55-47(37-49)38-59(68-55)53-19-13-45(65-69-56-22-16-50(41-60(56)72-65)83-32-10-27-78(3)4)39-63(53)87-36-30-81-44-48(75-76-81)25-35-86-64-40-46(66-70-57-23-17-51(42-61(57)73-66)84-33-11-28-79(5)6)14-20-54(64)67-71-58-24-18-52(43-62(58)74-67)85-34-12-29-80(7)8/h13-24,37,39-44H,9-12,25-36,38H2,1-8H3,(H,69,72)(H,70,73)(H,71,74). The van der Waals surface area contributed by atoms with Gasteiger partial charge in [-0.3, -0.25) is 4.99 Å². The van der Waals surface area contributed by atoms with Crippen molar-refractivity contribution in [3.63, 3.8) is 0 Å². The zero-order valence-electron chi connectivity index (χ0n) is 51.4. The number of hydrogen-bond donors (Lipinski definition) is 3. The molecule has 10 aromatic rings. The fourth-order valence-corrected chi connectivity index (χ4v) is 10.4. The van der Waals surface area contributed by atoms with E-state index in [-0.39, 0.29) is 0 Å². The molecule has 0 bridgehead atoms. The summed E-state index contributed by atoms with van der Waals surface area (Å²) in [5, 5.41) is 9.09. The second-order valence-corrected chi connectivity index (χ2v) is 23.2. The highest BCUT2D eigenvalue weighted by Gasteiger charge is 2.23. The van der Waals surface area contributed by atoms with Crippen molar-refractivity contribution in [2.75, 3.05) is 122 Å². The van der Waals surface area contributed by atoms with E-state index in [1.807, 2.05) is 102 Å². The molecule has 20 nitrogen and oxygen atoms in total. The Morgan fingerprint density at radius 3 is 1.41 bits per heavy atom. The smallest absolute Gasteiger partial charge is 0.142 e. The van der Waals surface area contributed by atoms with Crippen molar-refractivity contribution in [3.05, 3.63) is 132 Å². The summed E-state index contributed by atoms with van der Waals surface area (Å²) < 4.78 is 39.7. The average molecular weight is 1180 g/mol. The van der Waals surface area contributed by atoms with Crippen LogP contribution in [0.25, 0.3) is 67.3 Å². The van der Waals surface area contributed by atoms with Crippen molar-refractivity contribution < 1.29 is 28.4 Å².